The molecule has 0 radical (unpaired) electrons. The maximum atomic E-state index is 15.1. The van der Waals surface area contributed by atoms with Gasteiger partial charge in [-0.05, 0) is 56.8 Å². The summed E-state index contributed by atoms with van der Waals surface area (Å²) < 4.78 is 40.5. The Morgan fingerprint density at radius 2 is 1.72 bits per heavy atom. The molecule has 5 nitrogen and oxygen atoms in total. The van der Waals surface area contributed by atoms with Crippen molar-refractivity contribution in [3.8, 4) is 11.5 Å². The third-order valence-corrected chi connectivity index (χ3v) is 5.94. The van der Waals surface area contributed by atoms with Crippen LogP contribution in [0.4, 0.5) is 8.78 Å². The molecule has 0 saturated carbocycles. The zero-order valence-corrected chi connectivity index (χ0v) is 16.9. The van der Waals surface area contributed by atoms with Crippen LogP contribution in [0.25, 0.3) is 11.6 Å². The van der Waals surface area contributed by atoms with E-state index in [4.69, 9.17) is 14.5 Å². The molecule has 29 heavy (non-hydrogen) atoms. The van der Waals surface area contributed by atoms with E-state index in [-0.39, 0.29) is 23.0 Å². The number of aryl methyl sites for hydroxylation is 1. The number of piperidine rings is 1. The van der Waals surface area contributed by atoms with Crippen molar-refractivity contribution in [1.82, 2.24) is 15.3 Å². The number of aromatic nitrogens is 2. The fourth-order valence-corrected chi connectivity index (χ4v) is 4.46. The van der Waals surface area contributed by atoms with Crippen molar-refractivity contribution in [1.29, 1.82) is 0 Å². The van der Waals surface area contributed by atoms with Gasteiger partial charge in [0.2, 0.25) is 0 Å². The number of nitrogens with one attached hydrogen (secondary N) is 1. The first kappa shape index (κ1) is 19.8. The second-order valence-corrected chi connectivity index (χ2v) is 7.61. The fraction of sp³-hybridized carbons (Fsp3) is 0.455. The molecule has 1 unspecified atom stereocenters. The lowest BCUT2D eigenvalue weighted by Gasteiger charge is -2.34. The normalized spacial score (nSPS) is 19.5. The highest BCUT2D eigenvalue weighted by atomic mass is 19.1. The largest absolute Gasteiger partial charge is 0.494 e. The third-order valence-electron chi connectivity index (χ3n) is 5.94. The highest BCUT2D eigenvalue weighted by molar-refractivity contribution is 5.86. The molecule has 1 fully saturated rings. The second-order valence-electron chi connectivity index (χ2n) is 7.61. The van der Waals surface area contributed by atoms with Crippen molar-refractivity contribution in [3.63, 3.8) is 0 Å². The van der Waals surface area contributed by atoms with Gasteiger partial charge in [0.05, 0.1) is 25.5 Å². The number of nitrogens with zero attached hydrogens (tertiary/aromatic N) is 2. The number of rotatable bonds is 4. The predicted molar refractivity (Wildman–Crippen MR) is 107 cm³/mol. The summed E-state index contributed by atoms with van der Waals surface area (Å²) in [5, 5.41) is 3.38. The Labute approximate surface area is 169 Å². The van der Waals surface area contributed by atoms with Crippen LogP contribution in [0.15, 0.2) is 12.3 Å². The molecule has 1 atom stereocenters. The van der Waals surface area contributed by atoms with Crippen molar-refractivity contribution in [2.75, 3.05) is 27.3 Å². The predicted octanol–water partition coefficient (Wildman–Crippen LogP) is 4.11. The van der Waals surface area contributed by atoms with Gasteiger partial charge in [0.25, 0.3) is 0 Å². The average Bonchev–Trinajstić information content (AvgIpc) is 2.74. The molecule has 0 amide bonds. The molecule has 1 aliphatic heterocycles. The number of hydrogen-bond acceptors (Lipinski definition) is 5. The van der Waals surface area contributed by atoms with Gasteiger partial charge in [0.1, 0.15) is 5.82 Å². The summed E-state index contributed by atoms with van der Waals surface area (Å²) in [6, 6.07) is 1.24. The van der Waals surface area contributed by atoms with Gasteiger partial charge in [-0.25, -0.2) is 18.7 Å². The Hall–Kier alpha value is -2.54. The first-order chi connectivity index (χ1) is 14.0. The van der Waals surface area contributed by atoms with Crippen molar-refractivity contribution >= 4 is 11.6 Å². The number of methoxy groups -OCH3 is 2. The van der Waals surface area contributed by atoms with Gasteiger partial charge in [0, 0.05) is 23.7 Å². The molecule has 2 aliphatic rings. The summed E-state index contributed by atoms with van der Waals surface area (Å²) in [4.78, 5) is 9.01. The molecule has 1 aliphatic carbocycles. The molecule has 1 saturated heterocycles. The van der Waals surface area contributed by atoms with Crippen LogP contribution in [-0.2, 0) is 0 Å². The van der Waals surface area contributed by atoms with Crippen LogP contribution in [0.5, 0.6) is 11.5 Å². The van der Waals surface area contributed by atoms with Crippen molar-refractivity contribution < 1.29 is 18.3 Å². The lowest BCUT2D eigenvalue weighted by atomic mass is 9.74. The molecule has 1 N–H and O–H groups in total. The zero-order chi connectivity index (χ0) is 20.5. The van der Waals surface area contributed by atoms with Crippen LogP contribution >= 0.6 is 0 Å². The maximum absolute atomic E-state index is 15.1. The molecule has 2 aromatic rings. The molecule has 1 aromatic carbocycles. The lowest BCUT2D eigenvalue weighted by Crippen LogP contribution is -2.32. The van der Waals surface area contributed by atoms with Crippen LogP contribution in [0, 0.1) is 24.5 Å². The zero-order valence-electron chi connectivity index (χ0n) is 16.9. The molecule has 2 heterocycles. The summed E-state index contributed by atoms with van der Waals surface area (Å²) in [6.45, 7) is 3.75. The smallest absolute Gasteiger partial charge is 0.175 e. The Bertz CT molecular complexity index is 927. The number of halogens is 2. The van der Waals surface area contributed by atoms with E-state index in [1.165, 1.54) is 20.3 Å². The SMILES string of the molecule is COc1cc(OC)c(F)c(C2=Cc3cnc(C)nc3C(C3CCNCC3)C2)c1F. The summed E-state index contributed by atoms with van der Waals surface area (Å²) in [7, 11) is 2.72. The van der Waals surface area contributed by atoms with E-state index < -0.39 is 11.6 Å². The summed E-state index contributed by atoms with van der Waals surface area (Å²) in [5.74, 6) is -0.307. The standard InChI is InChI=1S/C22H25F2N3O2/c1-12-26-11-15-8-14(9-16(22(15)27-12)13-4-6-25-7-5-13)19-20(23)17(28-2)10-18(29-3)21(19)24/h8,10-11,13,16,25H,4-7,9H2,1-3H3. The van der Waals surface area contributed by atoms with Gasteiger partial charge in [0.15, 0.2) is 23.1 Å². The van der Waals surface area contributed by atoms with Crippen molar-refractivity contribution in [3.05, 3.63) is 46.5 Å². The van der Waals surface area contributed by atoms with Gasteiger partial charge in [-0.15, -0.1) is 0 Å². The maximum Gasteiger partial charge on any atom is 0.175 e. The minimum absolute atomic E-state index is 0.0384. The first-order valence-corrected chi connectivity index (χ1v) is 9.88. The van der Waals surface area contributed by atoms with Gasteiger partial charge >= 0.3 is 0 Å². The molecule has 0 bridgehead atoms. The van der Waals surface area contributed by atoms with Crippen LogP contribution in [0.1, 0.15) is 47.8 Å². The minimum atomic E-state index is -0.711. The molecule has 7 heteroatoms. The minimum Gasteiger partial charge on any atom is -0.494 e. The van der Waals surface area contributed by atoms with E-state index in [0.29, 0.717) is 23.7 Å². The molecule has 4 rings (SSSR count). The van der Waals surface area contributed by atoms with E-state index in [9.17, 15) is 0 Å². The first-order valence-electron chi connectivity index (χ1n) is 9.88. The Morgan fingerprint density at radius 1 is 1.07 bits per heavy atom. The van der Waals surface area contributed by atoms with Gasteiger partial charge < -0.3 is 14.8 Å². The highest BCUT2D eigenvalue weighted by Crippen LogP contribution is 2.46. The van der Waals surface area contributed by atoms with Crippen molar-refractivity contribution in [2.45, 2.75) is 32.1 Å². The topological polar surface area (TPSA) is 56.3 Å². The van der Waals surface area contributed by atoms with Crippen molar-refractivity contribution in [2.24, 2.45) is 5.92 Å². The lowest BCUT2D eigenvalue weighted by molar-refractivity contribution is 0.314. The number of fused-ring (bicyclic) bond motifs is 1. The molecule has 0 spiro atoms. The van der Waals surface area contributed by atoms with E-state index in [1.54, 1.807) is 12.3 Å². The van der Waals surface area contributed by atoms with E-state index >= 15 is 8.78 Å². The monoisotopic (exact) mass is 401 g/mol. The number of benzene rings is 1. The summed E-state index contributed by atoms with van der Waals surface area (Å²) in [6.07, 6.45) is 6.07. The Morgan fingerprint density at radius 3 is 2.34 bits per heavy atom. The van der Waals surface area contributed by atoms with E-state index in [2.05, 4.69) is 10.3 Å². The molecular formula is C22H25F2N3O2. The summed E-state index contributed by atoms with van der Waals surface area (Å²) >= 11 is 0. The van der Waals surface area contributed by atoms with E-state index in [1.807, 2.05) is 6.92 Å². The number of ether oxygens (including phenoxy) is 2. The van der Waals surface area contributed by atoms with Gasteiger partial charge in [-0.3, -0.25) is 0 Å². The van der Waals surface area contributed by atoms with Gasteiger partial charge in [-0.2, -0.15) is 0 Å². The van der Waals surface area contributed by atoms with Crippen LogP contribution in [-0.4, -0.2) is 37.3 Å². The number of hydrogen-bond donors (Lipinski definition) is 1. The molecular weight excluding hydrogens is 376 g/mol. The van der Waals surface area contributed by atoms with Crippen LogP contribution in [0.2, 0.25) is 0 Å². The third kappa shape index (κ3) is 3.59. The fourth-order valence-electron chi connectivity index (χ4n) is 4.46. The van der Waals surface area contributed by atoms with Gasteiger partial charge in [-0.1, -0.05) is 0 Å². The van der Waals surface area contributed by atoms with Crippen LogP contribution < -0.4 is 14.8 Å². The Kier molecular flexibility index (Phi) is 5.50. The average molecular weight is 401 g/mol. The Balaban J connectivity index is 1.86. The quantitative estimate of drug-likeness (QED) is 0.836. The second kappa shape index (κ2) is 8.06. The summed E-state index contributed by atoms with van der Waals surface area (Å²) in [5.41, 5.74) is 2.29. The molecule has 154 valence electrons. The van der Waals surface area contributed by atoms with Crippen LogP contribution in [0.3, 0.4) is 0 Å². The molecule has 1 aromatic heterocycles. The highest BCUT2D eigenvalue weighted by Gasteiger charge is 2.34. The van der Waals surface area contributed by atoms with E-state index in [0.717, 1.165) is 37.2 Å². The number of allylic oxidation sites excluding steroid dienone is 1.